The smallest absolute Gasteiger partial charge is 0.280 e. The standard InChI is InChI=1S/C26H24N4O4/c1-3-19(20-8-6-7-11-23(20)28-27-2)24(32)29(16-17-12-14-18(31)15-13-17)30-25(33)21-9-4-5-10-22(21)26(30)34/h4-15,19,31H,3,16H2,1-2H3. The number of hydrogen-bond acceptors (Lipinski definition) is 6. The van der Waals surface area contributed by atoms with Gasteiger partial charge in [0.15, 0.2) is 0 Å². The first kappa shape index (κ1) is 22.8. The van der Waals surface area contributed by atoms with E-state index in [0.717, 1.165) is 5.01 Å². The van der Waals surface area contributed by atoms with Gasteiger partial charge in [-0.1, -0.05) is 49.4 Å². The molecule has 3 aromatic carbocycles. The lowest BCUT2D eigenvalue weighted by atomic mass is 9.93. The molecule has 0 spiro atoms. The second kappa shape index (κ2) is 9.66. The van der Waals surface area contributed by atoms with Crippen molar-refractivity contribution in [1.29, 1.82) is 0 Å². The quantitative estimate of drug-likeness (QED) is 0.406. The summed E-state index contributed by atoms with van der Waals surface area (Å²) < 4.78 is 0. The van der Waals surface area contributed by atoms with E-state index >= 15 is 0 Å². The van der Waals surface area contributed by atoms with Crippen molar-refractivity contribution in [2.75, 3.05) is 7.05 Å². The zero-order valence-electron chi connectivity index (χ0n) is 18.9. The number of hydrogen-bond donors (Lipinski definition) is 1. The number of imide groups is 1. The number of azo groups is 1. The van der Waals surface area contributed by atoms with E-state index in [1.165, 1.54) is 17.1 Å². The maximum Gasteiger partial charge on any atom is 0.280 e. The summed E-state index contributed by atoms with van der Waals surface area (Å²) in [5, 5.41) is 19.8. The van der Waals surface area contributed by atoms with Crippen LogP contribution < -0.4 is 0 Å². The summed E-state index contributed by atoms with van der Waals surface area (Å²) in [5.41, 5.74) is 2.37. The first-order chi connectivity index (χ1) is 16.5. The highest BCUT2D eigenvalue weighted by molar-refractivity contribution is 6.21. The Morgan fingerprint density at radius 2 is 1.53 bits per heavy atom. The lowest BCUT2D eigenvalue weighted by Crippen LogP contribution is -2.50. The molecule has 172 valence electrons. The number of aromatic hydroxyl groups is 1. The highest BCUT2D eigenvalue weighted by Crippen LogP contribution is 2.34. The average molecular weight is 457 g/mol. The molecule has 1 unspecified atom stereocenters. The summed E-state index contributed by atoms with van der Waals surface area (Å²) >= 11 is 0. The van der Waals surface area contributed by atoms with Gasteiger partial charge in [-0.2, -0.15) is 15.2 Å². The molecule has 1 heterocycles. The van der Waals surface area contributed by atoms with Gasteiger partial charge >= 0.3 is 0 Å². The van der Waals surface area contributed by atoms with Crippen molar-refractivity contribution in [3.8, 4) is 5.75 Å². The molecule has 8 heteroatoms. The van der Waals surface area contributed by atoms with Crippen LogP contribution in [0.15, 0.2) is 83.0 Å². The number of carbonyl (C=O) groups is 3. The maximum absolute atomic E-state index is 14.0. The Morgan fingerprint density at radius 3 is 2.12 bits per heavy atom. The third-order valence-corrected chi connectivity index (χ3v) is 5.76. The first-order valence-electron chi connectivity index (χ1n) is 10.9. The van der Waals surface area contributed by atoms with Gasteiger partial charge in [-0.3, -0.25) is 14.4 Å². The van der Waals surface area contributed by atoms with Crippen LogP contribution in [0, 0.1) is 0 Å². The SMILES string of the molecule is CCC(C(=O)N(Cc1ccc(O)cc1)N1C(=O)c2ccccc2C1=O)c1ccccc1N=NC. The fraction of sp³-hybridized carbons (Fsp3) is 0.192. The van der Waals surface area contributed by atoms with Crippen molar-refractivity contribution in [1.82, 2.24) is 10.0 Å². The second-order valence-corrected chi connectivity index (χ2v) is 7.85. The molecule has 0 aliphatic carbocycles. The van der Waals surface area contributed by atoms with Crippen LogP contribution in [0.1, 0.15) is 51.1 Å². The average Bonchev–Trinajstić information content (AvgIpc) is 3.10. The minimum atomic E-state index is -0.664. The van der Waals surface area contributed by atoms with E-state index in [0.29, 0.717) is 23.2 Å². The van der Waals surface area contributed by atoms with Crippen LogP contribution >= 0.6 is 0 Å². The van der Waals surface area contributed by atoms with E-state index in [9.17, 15) is 19.5 Å². The third-order valence-electron chi connectivity index (χ3n) is 5.76. The molecule has 0 aromatic heterocycles. The summed E-state index contributed by atoms with van der Waals surface area (Å²) in [5.74, 6) is -2.10. The van der Waals surface area contributed by atoms with Crippen LogP contribution in [0.5, 0.6) is 5.75 Å². The van der Waals surface area contributed by atoms with Crippen molar-refractivity contribution in [3.05, 3.63) is 95.1 Å². The Hall–Kier alpha value is -4.33. The summed E-state index contributed by atoms with van der Waals surface area (Å²) in [6, 6.07) is 20.0. The highest BCUT2D eigenvalue weighted by atomic mass is 16.3. The van der Waals surface area contributed by atoms with Gasteiger partial charge in [-0.05, 0) is 47.9 Å². The molecule has 8 nitrogen and oxygen atoms in total. The maximum atomic E-state index is 14.0. The van der Waals surface area contributed by atoms with Crippen molar-refractivity contribution >= 4 is 23.4 Å². The first-order valence-corrected chi connectivity index (χ1v) is 10.9. The fourth-order valence-electron chi connectivity index (χ4n) is 4.11. The van der Waals surface area contributed by atoms with Crippen molar-refractivity contribution < 1.29 is 19.5 Å². The van der Waals surface area contributed by atoms with Gasteiger partial charge in [-0.25, -0.2) is 5.01 Å². The Labute approximate surface area is 197 Å². The van der Waals surface area contributed by atoms with E-state index in [1.807, 2.05) is 19.1 Å². The van der Waals surface area contributed by atoms with Crippen LogP contribution in [0.25, 0.3) is 0 Å². The Morgan fingerprint density at radius 1 is 0.941 bits per heavy atom. The Bertz CT molecular complexity index is 1230. The molecule has 0 saturated carbocycles. The van der Waals surface area contributed by atoms with Gasteiger partial charge in [-0.15, -0.1) is 0 Å². The van der Waals surface area contributed by atoms with Gasteiger partial charge < -0.3 is 5.11 Å². The number of rotatable bonds is 7. The molecule has 3 amide bonds. The van der Waals surface area contributed by atoms with Crippen LogP contribution in [0.2, 0.25) is 0 Å². The van der Waals surface area contributed by atoms with E-state index in [4.69, 9.17) is 0 Å². The normalized spacial score (nSPS) is 13.9. The molecule has 1 aliphatic rings. The minimum Gasteiger partial charge on any atom is -0.508 e. The number of phenols is 1. The Kier molecular flexibility index (Phi) is 6.49. The van der Waals surface area contributed by atoms with E-state index < -0.39 is 23.6 Å². The molecule has 0 fully saturated rings. The van der Waals surface area contributed by atoms with Gasteiger partial charge in [0.05, 0.1) is 29.3 Å². The van der Waals surface area contributed by atoms with Gasteiger partial charge in [0.25, 0.3) is 11.8 Å². The zero-order chi connectivity index (χ0) is 24.2. The topological polar surface area (TPSA) is 103 Å². The largest absolute Gasteiger partial charge is 0.508 e. The monoisotopic (exact) mass is 456 g/mol. The Balaban J connectivity index is 1.78. The number of nitrogens with zero attached hydrogens (tertiary/aromatic N) is 4. The molecule has 34 heavy (non-hydrogen) atoms. The predicted octanol–water partition coefficient (Wildman–Crippen LogP) is 4.84. The van der Waals surface area contributed by atoms with E-state index in [-0.39, 0.29) is 23.4 Å². The van der Waals surface area contributed by atoms with Crippen LogP contribution in [-0.2, 0) is 11.3 Å². The van der Waals surface area contributed by atoms with Crippen LogP contribution in [0.4, 0.5) is 5.69 Å². The number of amides is 3. The van der Waals surface area contributed by atoms with E-state index in [1.54, 1.807) is 55.6 Å². The fourth-order valence-corrected chi connectivity index (χ4v) is 4.11. The number of phenolic OH excluding ortho intramolecular Hbond substituents is 1. The molecule has 0 bridgehead atoms. The number of fused-ring (bicyclic) bond motifs is 1. The lowest BCUT2D eigenvalue weighted by molar-refractivity contribution is -0.144. The number of carbonyl (C=O) groups excluding carboxylic acids is 3. The summed E-state index contributed by atoms with van der Waals surface area (Å²) in [7, 11) is 1.55. The van der Waals surface area contributed by atoms with Crippen LogP contribution in [-0.4, -0.2) is 39.9 Å². The molecule has 4 rings (SSSR count). The molecule has 0 radical (unpaired) electrons. The van der Waals surface area contributed by atoms with Crippen LogP contribution in [0.3, 0.4) is 0 Å². The van der Waals surface area contributed by atoms with Gasteiger partial charge in [0.1, 0.15) is 5.75 Å². The number of benzene rings is 3. The van der Waals surface area contributed by atoms with Crippen molar-refractivity contribution in [3.63, 3.8) is 0 Å². The van der Waals surface area contributed by atoms with E-state index in [2.05, 4.69) is 10.2 Å². The van der Waals surface area contributed by atoms with Gasteiger partial charge in [0.2, 0.25) is 5.91 Å². The molecule has 0 saturated heterocycles. The molecular formula is C26H24N4O4. The summed E-state index contributed by atoms with van der Waals surface area (Å²) in [6.07, 6.45) is 0.421. The third kappa shape index (κ3) is 4.17. The minimum absolute atomic E-state index is 0.0292. The zero-order valence-corrected chi connectivity index (χ0v) is 18.9. The number of hydrazine groups is 1. The summed E-state index contributed by atoms with van der Waals surface area (Å²) in [6.45, 7) is 1.84. The molecule has 1 atom stereocenters. The van der Waals surface area contributed by atoms with Crippen molar-refractivity contribution in [2.24, 2.45) is 10.2 Å². The second-order valence-electron chi connectivity index (χ2n) is 7.85. The predicted molar refractivity (Wildman–Crippen MR) is 126 cm³/mol. The molecule has 1 N–H and O–H groups in total. The molecular weight excluding hydrogens is 432 g/mol. The van der Waals surface area contributed by atoms with Crippen molar-refractivity contribution in [2.45, 2.75) is 25.8 Å². The lowest BCUT2D eigenvalue weighted by Gasteiger charge is -2.33. The van der Waals surface area contributed by atoms with Gasteiger partial charge in [0, 0.05) is 7.05 Å². The summed E-state index contributed by atoms with van der Waals surface area (Å²) in [4.78, 5) is 40.5. The molecule has 3 aromatic rings. The highest BCUT2D eigenvalue weighted by Gasteiger charge is 2.43. The molecule has 1 aliphatic heterocycles.